The van der Waals surface area contributed by atoms with E-state index in [0.29, 0.717) is 0 Å². The lowest BCUT2D eigenvalue weighted by Gasteiger charge is -2.40. The van der Waals surface area contributed by atoms with Gasteiger partial charge >= 0.3 is 0 Å². The predicted octanol–water partition coefficient (Wildman–Crippen LogP) is 4.69. The van der Waals surface area contributed by atoms with Crippen LogP contribution in [0.3, 0.4) is 0 Å². The molecule has 3 atom stereocenters. The maximum absolute atomic E-state index is 2.48. The molecule has 2 bridgehead atoms. The minimum absolute atomic E-state index is 0.838. The van der Waals surface area contributed by atoms with Gasteiger partial charge in [-0.15, -0.1) is 0 Å². The van der Waals surface area contributed by atoms with E-state index >= 15 is 0 Å². The van der Waals surface area contributed by atoms with Gasteiger partial charge in [0.05, 0.1) is 8.07 Å². The molecule has 0 N–H and O–H groups in total. The molecule has 2 saturated carbocycles. The second kappa shape index (κ2) is 4.00. The molecule has 14 heavy (non-hydrogen) atoms. The summed E-state index contributed by atoms with van der Waals surface area (Å²) in [5.74, 6) is 2.33. The molecule has 0 aromatic carbocycles. The first-order valence-electron chi connectivity index (χ1n) is 6.75. The van der Waals surface area contributed by atoms with Crippen molar-refractivity contribution in [2.75, 3.05) is 0 Å². The molecule has 2 aliphatic carbocycles. The Morgan fingerprint density at radius 3 is 1.93 bits per heavy atom. The molecule has 0 spiro atoms. The summed E-state index contributed by atoms with van der Waals surface area (Å²) in [4.78, 5) is 0. The van der Waals surface area contributed by atoms with E-state index in [2.05, 4.69) is 20.8 Å². The monoisotopic (exact) mass is 210 g/mol. The Morgan fingerprint density at radius 2 is 1.57 bits per heavy atom. The summed E-state index contributed by atoms with van der Waals surface area (Å²) in [5, 5.41) is 0. The van der Waals surface area contributed by atoms with Crippen molar-refractivity contribution in [3.8, 4) is 0 Å². The molecule has 0 amide bonds. The summed E-state index contributed by atoms with van der Waals surface area (Å²) in [5.41, 5.74) is 1.22. The molecule has 0 radical (unpaired) electrons. The molecule has 82 valence electrons. The molecule has 0 saturated heterocycles. The van der Waals surface area contributed by atoms with Crippen molar-refractivity contribution < 1.29 is 0 Å². The van der Waals surface area contributed by atoms with E-state index in [1.807, 2.05) is 0 Å². The summed E-state index contributed by atoms with van der Waals surface area (Å²) >= 11 is 0. The van der Waals surface area contributed by atoms with Crippen LogP contribution in [0.1, 0.15) is 46.5 Å². The van der Waals surface area contributed by atoms with Crippen LogP contribution in [0.25, 0.3) is 0 Å². The molecule has 0 heterocycles. The highest BCUT2D eigenvalue weighted by atomic mass is 28.3. The molecule has 0 aromatic rings. The van der Waals surface area contributed by atoms with E-state index < -0.39 is 8.07 Å². The Hall–Kier alpha value is 0.217. The van der Waals surface area contributed by atoms with Crippen molar-refractivity contribution in [3.63, 3.8) is 0 Å². The van der Waals surface area contributed by atoms with Crippen molar-refractivity contribution in [1.29, 1.82) is 0 Å². The number of rotatable bonds is 4. The Labute approximate surface area is 90.5 Å². The summed E-state index contributed by atoms with van der Waals surface area (Å²) in [6, 6.07) is 4.65. The summed E-state index contributed by atoms with van der Waals surface area (Å²) in [6.07, 6.45) is 6.40. The SMILES string of the molecule is CC[Si](CC)(CC)C1CC2CCC1C2. The van der Waals surface area contributed by atoms with Gasteiger partial charge < -0.3 is 0 Å². The second-order valence-corrected chi connectivity index (χ2v) is 11.3. The lowest BCUT2D eigenvalue weighted by Crippen LogP contribution is -2.40. The highest BCUT2D eigenvalue weighted by Gasteiger charge is 2.48. The minimum atomic E-state index is -0.838. The van der Waals surface area contributed by atoms with Gasteiger partial charge in [-0.3, -0.25) is 0 Å². The molecule has 3 unspecified atom stereocenters. The van der Waals surface area contributed by atoms with Crippen LogP contribution in [0.5, 0.6) is 0 Å². The van der Waals surface area contributed by atoms with Crippen molar-refractivity contribution in [2.24, 2.45) is 11.8 Å². The summed E-state index contributed by atoms with van der Waals surface area (Å²) in [7, 11) is -0.838. The minimum Gasteiger partial charge on any atom is -0.0678 e. The van der Waals surface area contributed by atoms with Gasteiger partial charge in [-0.1, -0.05) is 51.7 Å². The predicted molar refractivity (Wildman–Crippen MR) is 66.4 cm³/mol. The molecule has 0 nitrogen and oxygen atoms in total. The first-order chi connectivity index (χ1) is 6.75. The number of hydrogen-bond acceptors (Lipinski definition) is 0. The van der Waals surface area contributed by atoms with E-state index in [0.717, 1.165) is 5.92 Å². The van der Waals surface area contributed by atoms with Crippen molar-refractivity contribution in [2.45, 2.75) is 70.1 Å². The fourth-order valence-corrected chi connectivity index (χ4v) is 9.74. The zero-order valence-electron chi connectivity index (χ0n) is 10.2. The highest BCUT2D eigenvalue weighted by Crippen LogP contribution is 2.57. The van der Waals surface area contributed by atoms with Gasteiger partial charge in [0.1, 0.15) is 0 Å². The zero-order chi connectivity index (χ0) is 10.2. The topological polar surface area (TPSA) is 0 Å². The number of hydrogen-bond donors (Lipinski definition) is 0. The fourth-order valence-electron chi connectivity index (χ4n) is 4.53. The van der Waals surface area contributed by atoms with Gasteiger partial charge in [0.25, 0.3) is 0 Å². The standard InChI is InChI=1S/C13H26Si/c1-4-14(5-2,6-3)13-10-11-7-8-12(13)9-11/h11-13H,4-10H2,1-3H3. The molecule has 0 aromatic heterocycles. The lowest BCUT2D eigenvalue weighted by molar-refractivity contribution is 0.465. The molecule has 2 rings (SSSR count). The first kappa shape index (κ1) is 10.7. The van der Waals surface area contributed by atoms with Gasteiger partial charge in [0.15, 0.2) is 0 Å². The van der Waals surface area contributed by atoms with Crippen LogP contribution < -0.4 is 0 Å². The van der Waals surface area contributed by atoms with Crippen LogP contribution in [-0.4, -0.2) is 8.07 Å². The number of fused-ring (bicyclic) bond motifs is 2. The maximum atomic E-state index is 2.48. The van der Waals surface area contributed by atoms with Crippen LogP contribution in [-0.2, 0) is 0 Å². The van der Waals surface area contributed by atoms with Crippen molar-refractivity contribution in [3.05, 3.63) is 0 Å². The third-order valence-electron chi connectivity index (χ3n) is 5.64. The summed E-state index contributed by atoms with van der Waals surface area (Å²) < 4.78 is 0. The average Bonchev–Trinajstić information content (AvgIpc) is 2.83. The molecular formula is C13H26Si. The van der Waals surface area contributed by atoms with Gasteiger partial charge in [-0.2, -0.15) is 0 Å². The van der Waals surface area contributed by atoms with Crippen LogP contribution in [0.2, 0.25) is 23.7 Å². The Bertz CT molecular complexity index is 187. The third-order valence-corrected chi connectivity index (χ3v) is 12.1. The quantitative estimate of drug-likeness (QED) is 0.591. The zero-order valence-corrected chi connectivity index (χ0v) is 11.2. The van der Waals surface area contributed by atoms with Crippen molar-refractivity contribution >= 4 is 8.07 Å². The van der Waals surface area contributed by atoms with Crippen molar-refractivity contribution in [1.82, 2.24) is 0 Å². The molecule has 2 fully saturated rings. The van der Waals surface area contributed by atoms with Crippen LogP contribution in [0.4, 0.5) is 0 Å². The van der Waals surface area contributed by atoms with Gasteiger partial charge in [-0.25, -0.2) is 0 Å². The highest BCUT2D eigenvalue weighted by molar-refractivity contribution is 6.81. The lowest BCUT2D eigenvalue weighted by atomic mass is 10.0. The van der Waals surface area contributed by atoms with E-state index in [-0.39, 0.29) is 0 Å². The average molecular weight is 210 g/mol. The van der Waals surface area contributed by atoms with Gasteiger partial charge in [0, 0.05) is 0 Å². The molecule has 2 aliphatic rings. The third kappa shape index (κ3) is 1.48. The molecule has 1 heteroatoms. The normalized spacial score (nSPS) is 36.6. The summed E-state index contributed by atoms with van der Waals surface area (Å²) in [6.45, 7) is 7.43. The second-order valence-electron chi connectivity index (χ2n) is 5.70. The van der Waals surface area contributed by atoms with E-state index in [9.17, 15) is 0 Å². The largest absolute Gasteiger partial charge is 0.0678 e. The smallest absolute Gasteiger partial charge is 0.0561 e. The molecular weight excluding hydrogens is 184 g/mol. The first-order valence-corrected chi connectivity index (χ1v) is 9.45. The fraction of sp³-hybridized carbons (Fsp3) is 1.00. The van der Waals surface area contributed by atoms with E-state index in [1.54, 1.807) is 43.8 Å². The van der Waals surface area contributed by atoms with E-state index in [4.69, 9.17) is 0 Å². The van der Waals surface area contributed by atoms with E-state index in [1.165, 1.54) is 11.5 Å². The van der Waals surface area contributed by atoms with Crippen LogP contribution >= 0.6 is 0 Å². The van der Waals surface area contributed by atoms with Crippen LogP contribution in [0, 0.1) is 11.8 Å². The Kier molecular flexibility index (Phi) is 3.06. The van der Waals surface area contributed by atoms with Gasteiger partial charge in [-0.05, 0) is 30.2 Å². The van der Waals surface area contributed by atoms with Gasteiger partial charge in [0.2, 0.25) is 0 Å². The maximum Gasteiger partial charge on any atom is 0.0561 e. The Morgan fingerprint density at radius 1 is 0.929 bits per heavy atom. The molecule has 0 aliphatic heterocycles. The Balaban J connectivity index is 2.12. The van der Waals surface area contributed by atoms with Crippen LogP contribution in [0.15, 0.2) is 0 Å².